The van der Waals surface area contributed by atoms with Crippen LogP contribution in [0.2, 0.25) is 0 Å². The molecule has 2 heterocycles. The predicted octanol–water partition coefficient (Wildman–Crippen LogP) is 2.58. The fraction of sp³-hybridized carbons (Fsp3) is 0.526. The number of thioether (sulfide) groups is 1. The fourth-order valence-corrected chi connectivity index (χ4v) is 3.67. The van der Waals surface area contributed by atoms with Crippen LogP contribution in [0.1, 0.15) is 45.0 Å². The molecule has 1 aromatic heterocycles. The third kappa shape index (κ3) is 4.94. The quantitative estimate of drug-likeness (QED) is 0.604. The first-order chi connectivity index (χ1) is 12.8. The largest absolute Gasteiger partial charge is 0.486 e. The Hall–Kier alpha value is -2.22. The van der Waals surface area contributed by atoms with Crippen molar-refractivity contribution in [1.29, 1.82) is 0 Å². The Morgan fingerprint density at radius 1 is 1.19 bits per heavy atom. The van der Waals surface area contributed by atoms with Gasteiger partial charge in [0.05, 0.1) is 5.75 Å². The normalized spacial score (nSPS) is 14.6. The number of benzene rings is 1. The Balaban J connectivity index is 1.53. The summed E-state index contributed by atoms with van der Waals surface area (Å²) in [6, 6.07) is 8.02. The number of carbonyl (C=O) groups is 1. The van der Waals surface area contributed by atoms with E-state index in [2.05, 4.69) is 43.1 Å². The molecule has 0 spiro atoms. The van der Waals surface area contributed by atoms with Crippen molar-refractivity contribution >= 4 is 17.7 Å². The number of amides is 1. The van der Waals surface area contributed by atoms with Gasteiger partial charge in [0, 0.05) is 13.1 Å². The molecule has 1 saturated heterocycles. The topological polar surface area (TPSA) is 86.3 Å². The smallest absolute Gasteiger partial charge is 0.233 e. The number of nitrogens with zero attached hydrogens (tertiary/aromatic N) is 4. The monoisotopic (exact) mass is 389 g/mol. The van der Waals surface area contributed by atoms with Crippen molar-refractivity contribution in [3.63, 3.8) is 0 Å². The molecule has 0 bridgehead atoms. The molecule has 0 unspecified atom stereocenters. The fourth-order valence-electron chi connectivity index (χ4n) is 2.89. The lowest BCUT2D eigenvalue weighted by molar-refractivity contribution is -0.127. The van der Waals surface area contributed by atoms with Gasteiger partial charge in [0.25, 0.3) is 0 Å². The summed E-state index contributed by atoms with van der Waals surface area (Å²) in [5.41, 5.74) is 1.35. The number of nitrogens with two attached hydrogens (primary N) is 1. The minimum Gasteiger partial charge on any atom is -0.486 e. The second-order valence-electron chi connectivity index (χ2n) is 7.71. The molecular formula is C19H27N5O2S. The average Bonchev–Trinajstić information content (AvgIpc) is 3.28. The number of nitrogen functional groups attached to an aromatic ring is 1. The lowest BCUT2D eigenvalue weighted by Gasteiger charge is -2.19. The predicted molar refractivity (Wildman–Crippen MR) is 106 cm³/mol. The molecule has 146 valence electrons. The van der Waals surface area contributed by atoms with E-state index in [1.165, 1.54) is 22.0 Å². The van der Waals surface area contributed by atoms with Crippen LogP contribution < -0.4 is 10.6 Å². The zero-order valence-corrected chi connectivity index (χ0v) is 17.0. The Bertz CT molecular complexity index is 776. The van der Waals surface area contributed by atoms with E-state index in [1.54, 1.807) is 0 Å². The second kappa shape index (κ2) is 8.21. The molecule has 2 N–H and O–H groups in total. The number of aromatic nitrogens is 3. The molecule has 7 nitrogen and oxygen atoms in total. The van der Waals surface area contributed by atoms with Gasteiger partial charge in [-0.1, -0.05) is 44.7 Å². The van der Waals surface area contributed by atoms with Crippen molar-refractivity contribution in [3.05, 3.63) is 35.7 Å². The van der Waals surface area contributed by atoms with Gasteiger partial charge in [-0.05, 0) is 36.0 Å². The van der Waals surface area contributed by atoms with Gasteiger partial charge in [0.1, 0.15) is 12.4 Å². The van der Waals surface area contributed by atoms with Crippen LogP contribution in [0.15, 0.2) is 29.4 Å². The Kier molecular flexibility index (Phi) is 5.94. The average molecular weight is 390 g/mol. The third-order valence-corrected chi connectivity index (χ3v) is 5.53. The summed E-state index contributed by atoms with van der Waals surface area (Å²) < 4.78 is 7.17. The number of hydrogen-bond acceptors (Lipinski definition) is 6. The minimum absolute atomic E-state index is 0.106. The summed E-state index contributed by atoms with van der Waals surface area (Å²) in [5.74, 6) is 7.77. The van der Waals surface area contributed by atoms with Crippen LogP contribution in [-0.4, -0.2) is 44.5 Å². The van der Waals surface area contributed by atoms with E-state index in [0.29, 0.717) is 16.7 Å². The summed E-state index contributed by atoms with van der Waals surface area (Å²) in [6.45, 7) is 8.44. The molecule has 2 aromatic rings. The first-order valence-corrected chi connectivity index (χ1v) is 10.2. The van der Waals surface area contributed by atoms with E-state index in [9.17, 15) is 4.79 Å². The molecule has 8 heteroatoms. The maximum absolute atomic E-state index is 12.1. The summed E-state index contributed by atoms with van der Waals surface area (Å²) in [6.07, 6.45) is 2.17. The van der Waals surface area contributed by atoms with Gasteiger partial charge >= 0.3 is 0 Å². The molecule has 0 aliphatic carbocycles. The number of likely N-dealkylation sites (tertiary alicyclic amines) is 1. The van der Waals surface area contributed by atoms with Crippen LogP contribution in [0.25, 0.3) is 0 Å². The number of carbonyl (C=O) groups excluding carboxylic acids is 1. The molecule has 27 heavy (non-hydrogen) atoms. The number of hydrogen-bond donors (Lipinski definition) is 1. The van der Waals surface area contributed by atoms with Crippen molar-refractivity contribution in [2.24, 2.45) is 0 Å². The lowest BCUT2D eigenvalue weighted by Crippen LogP contribution is -2.29. The molecule has 1 fully saturated rings. The molecule has 1 aliphatic rings. The highest BCUT2D eigenvalue weighted by atomic mass is 32.2. The van der Waals surface area contributed by atoms with Gasteiger partial charge < -0.3 is 15.5 Å². The lowest BCUT2D eigenvalue weighted by atomic mass is 9.87. The number of ether oxygens (including phenoxy) is 1. The van der Waals surface area contributed by atoms with Gasteiger partial charge in [-0.2, -0.15) is 0 Å². The van der Waals surface area contributed by atoms with Crippen LogP contribution in [-0.2, 0) is 16.8 Å². The Labute approximate surface area is 164 Å². The molecule has 3 rings (SSSR count). The van der Waals surface area contributed by atoms with Gasteiger partial charge in [0.15, 0.2) is 5.82 Å². The van der Waals surface area contributed by atoms with E-state index in [-0.39, 0.29) is 17.9 Å². The van der Waals surface area contributed by atoms with Crippen molar-refractivity contribution in [2.75, 3.05) is 24.7 Å². The van der Waals surface area contributed by atoms with Crippen molar-refractivity contribution in [1.82, 2.24) is 19.8 Å². The van der Waals surface area contributed by atoms with Crippen LogP contribution in [0.3, 0.4) is 0 Å². The van der Waals surface area contributed by atoms with Crippen molar-refractivity contribution in [3.8, 4) is 5.75 Å². The molecule has 0 atom stereocenters. The first-order valence-electron chi connectivity index (χ1n) is 9.18. The van der Waals surface area contributed by atoms with Crippen LogP contribution >= 0.6 is 11.8 Å². The molecular weight excluding hydrogens is 362 g/mol. The molecule has 1 amide bonds. The second-order valence-corrected chi connectivity index (χ2v) is 8.65. The summed E-state index contributed by atoms with van der Waals surface area (Å²) in [5, 5.41) is 8.67. The van der Waals surface area contributed by atoms with Crippen molar-refractivity contribution in [2.45, 2.75) is 50.8 Å². The van der Waals surface area contributed by atoms with E-state index in [0.717, 1.165) is 31.7 Å². The minimum atomic E-state index is 0.106. The first kappa shape index (κ1) is 19.5. The maximum Gasteiger partial charge on any atom is 0.233 e. The molecule has 1 aromatic carbocycles. The van der Waals surface area contributed by atoms with E-state index < -0.39 is 0 Å². The van der Waals surface area contributed by atoms with E-state index in [4.69, 9.17) is 10.6 Å². The third-order valence-electron chi connectivity index (χ3n) is 4.61. The van der Waals surface area contributed by atoms with Gasteiger partial charge in [0.2, 0.25) is 11.1 Å². The summed E-state index contributed by atoms with van der Waals surface area (Å²) in [7, 11) is 0. The standard InChI is InChI=1S/C19H27N5O2S/c1-19(2,3)14-6-8-15(9-7-14)26-12-16-21-22-18(24(16)20)27-13-17(25)23-10-4-5-11-23/h6-9H,4-5,10-13,20H2,1-3H3. The van der Waals surface area contributed by atoms with E-state index in [1.807, 2.05) is 17.0 Å². The Morgan fingerprint density at radius 3 is 2.48 bits per heavy atom. The van der Waals surface area contributed by atoms with Gasteiger partial charge in [-0.15, -0.1) is 10.2 Å². The molecule has 1 aliphatic heterocycles. The Morgan fingerprint density at radius 2 is 1.85 bits per heavy atom. The summed E-state index contributed by atoms with van der Waals surface area (Å²) >= 11 is 1.31. The van der Waals surface area contributed by atoms with Crippen molar-refractivity contribution < 1.29 is 9.53 Å². The summed E-state index contributed by atoms with van der Waals surface area (Å²) in [4.78, 5) is 14.0. The van der Waals surface area contributed by atoms with Gasteiger partial charge in [-0.25, -0.2) is 4.68 Å². The highest BCUT2D eigenvalue weighted by Crippen LogP contribution is 2.24. The molecule has 0 saturated carbocycles. The van der Waals surface area contributed by atoms with Crippen LogP contribution in [0.5, 0.6) is 5.75 Å². The zero-order valence-electron chi connectivity index (χ0n) is 16.1. The number of rotatable bonds is 6. The zero-order chi connectivity index (χ0) is 19.4. The molecule has 0 radical (unpaired) electrons. The van der Waals surface area contributed by atoms with Crippen LogP contribution in [0.4, 0.5) is 0 Å². The SMILES string of the molecule is CC(C)(C)c1ccc(OCc2nnc(SCC(=O)N3CCCC3)n2N)cc1. The van der Waals surface area contributed by atoms with Crippen LogP contribution in [0, 0.1) is 0 Å². The highest BCUT2D eigenvalue weighted by Gasteiger charge is 2.20. The highest BCUT2D eigenvalue weighted by molar-refractivity contribution is 7.99. The maximum atomic E-state index is 12.1. The van der Waals surface area contributed by atoms with Gasteiger partial charge in [-0.3, -0.25) is 4.79 Å². The van der Waals surface area contributed by atoms with E-state index >= 15 is 0 Å².